The van der Waals surface area contributed by atoms with Gasteiger partial charge in [0, 0.05) is 18.9 Å². The minimum absolute atomic E-state index is 0.240. The van der Waals surface area contributed by atoms with Crippen LogP contribution < -0.4 is 0 Å². The maximum Gasteiger partial charge on any atom is 0.235 e. The van der Waals surface area contributed by atoms with Gasteiger partial charge < -0.3 is 4.90 Å². The number of amides is 1. The number of halogens is 1. The number of thioether (sulfide) groups is 1. The van der Waals surface area contributed by atoms with Gasteiger partial charge in [0.05, 0.1) is 5.25 Å². The number of rotatable bonds is 4. The van der Waals surface area contributed by atoms with Crippen LogP contribution in [-0.4, -0.2) is 40.7 Å². The highest BCUT2D eigenvalue weighted by Crippen LogP contribution is 2.26. The van der Waals surface area contributed by atoms with Gasteiger partial charge >= 0.3 is 0 Å². The topological polar surface area (TPSA) is 20.3 Å². The molecule has 0 aromatic heterocycles. The van der Waals surface area contributed by atoms with E-state index in [1.807, 2.05) is 23.7 Å². The van der Waals surface area contributed by atoms with E-state index in [-0.39, 0.29) is 5.25 Å². The van der Waals surface area contributed by atoms with E-state index in [2.05, 4.69) is 15.9 Å². The molecule has 0 saturated carbocycles. The summed E-state index contributed by atoms with van der Waals surface area (Å²) in [4.78, 5) is 13.8. The Morgan fingerprint density at radius 2 is 2.36 bits per heavy atom. The normalized spacial score (nSPS) is 22.0. The van der Waals surface area contributed by atoms with Crippen molar-refractivity contribution in [1.29, 1.82) is 0 Å². The lowest BCUT2D eigenvalue weighted by atomic mass is 10.1. The van der Waals surface area contributed by atoms with Gasteiger partial charge in [-0.2, -0.15) is 0 Å². The zero-order valence-corrected chi connectivity index (χ0v) is 11.1. The Bertz CT molecular complexity index is 183. The molecule has 1 atom stereocenters. The van der Waals surface area contributed by atoms with Crippen molar-refractivity contribution in [2.24, 2.45) is 0 Å². The molecule has 1 aliphatic rings. The lowest BCUT2D eigenvalue weighted by Crippen LogP contribution is -2.36. The number of hydrogen-bond acceptors (Lipinski definition) is 2. The molecule has 0 bridgehead atoms. The molecule has 1 rings (SSSR count). The Labute approximate surface area is 98.9 Å². The molecule has 1 heterocycles. The second-order valence-electron chi connectivity index (χ2n) is 3.66. The molecule has 0 aliphatic carbocycles. The largest absolute Gasteiger partial charge is 0.345 e. The maximum absolute atomic E-state index is 11.9. The van der Waals surface area contributed by atoms with Gasteiger partial charge in [0.15, 0.2) is 0 Å². The highest BCUT2D eigenvalue weighted by Gasteiger charge is 2.24. The van der Waals surface area contributed by atoms with Gasteiger partial charge in [-0.1, -0.05) is 22.4 Å². The number of carbonyl (C=O) groups excluding carboxylic acids is 1. The molecule has 0 radical (unpaired) electrons. The number of alkyl halides is 1. The van der Waals surface area contributed by atoms with E-state index in [4.69, 9.17) is 0 Å². The van der Waals surface area contributed by atoms with E-state index in [0.717, 1.165) is 30.5 Å². The summed E-state index contributed by atoms with van der Waals surface area (Å²) in [7, 11) is 1.92. The van der Waals surface area contributed by atoms with Crippen molar-refractivity contribution >= 4 is 33.6 Å². The first-order valence-electron chi connectivity index (χ1n) is 5.18. The van der Waals surface area contributed by atoms with E-state index in [9.17, 15) is 4.79 Å². The Morgan fingerprint density at radius 1 is 1.57 bits per heavy atom. The molecule has 0 N–H and O–H groups in total. The van der Waals surface area contributed by atoms with Crippen molar-refractivity contribution < 1.29 is 4.79 Å². The van der Waals surface area contributed by atoms with Gasteiger partial charge in [0.25, 0.3) is 0 Å². The molecule has 0 aromatic rings. The third-order valence-electron chi connectivity index (χ3n) is 2.46. The van der Waals surface area contributed by atoms with Crippen molar-refractivity contribution in [1.82, 2.24) is 4.90 Å². The summed E-state index contributed by atoms with van der Waals surface area (Å²) < 4.78 is 0. The summed E-state index contributed by atoms with van der Waals surface area (Å²) >= 11 is 5.21. The number of nitrogens with zero attached hydrogens (tertiary/aromatic N) is 1. The van der Waals surface area contributed by atoms with Gasteiger partial charge in [-0.15, -0.1) is 11.8 Å². The van der Waals surface area contributed by atoms with Crippen LogP contribution in [-0.2, 0) is 4.79 Å². The molecule has 1 saturated heterocycles. The third kappa shape index (κ3) is 3.81. The first kappa shape index (κ1) is 12.4. The van der Waals surface area contributed by atoms with Gasteiger partial charge in [0.1, 0.15) is 0 Å². The zero-order valence-electron chi connectivity index (χ0n) is 8.67. The molecule has 14 heavy (non-hydrogen) atoms. The summed E-state index contributed by atoms with van der Waals surface area (Å²) in [5.41, 5.74) is 0. The monoisotopic (exact) mass is 279 g/mol. The first-order valence-corrected chi connectivity index (χ1v) is 7.35. The first-order chi connectivity index (χ1) is 6.75. The van der Waals surface area contributed by atoms with Crippen molar-refractivity contribution in [2.45, 2.75) is 30.9 Å². The average Bonchev–Trinajstić information content (AvgIpc) is 2.26. The number of carbonyl (C=O) groups is 1. The Hall–Kier alpha value is 0.300. The molecular weight excluding hydrogens is 262 g/mol. The van der Waals surface area contributed by atoms with E-state index in [1.165, 1.54) is 12.8 Å². The SMILES string of the molecule is CN(CCCBr)C(=O)C1CCCCS1. The van der Waals surface area contributed by atoms with Crippen molar-refractivity contribution in [2.75, 3.05) is 24.7 Å². The predicted octanol–water partition coefficient (Wildman–Crippen LogP) is 2.52. The van der Waals surface area contributed by atoms with Crippen molar-refractivity contribution in [3.05, 3.63) is 0 Å². The molecule has 4 heteroatoms. The molecule has 0 aromatic carbocycles. The molecular formula is C10H18BrNOS. The summed E-state index contributed by atoms with van der Waals surface area (Å²) in [5.74, 6) is 1.48. The molecule has 1 fully saturated rings. The Balaban J connectivity index is 2.30. The van der Waals surface area contributed by atoms with Crippen LogP contribution in [0.1, 0.15) is 25.7 Å². The van der Waals surface area contributed by atoms with Crippen LogP contribution in [0, 0.1) is 0 Å². The van der Waals surface area contributed by atoms with E-state index < -0.39 is 0 Å². The quantitative estimate of drug-likeness (QED) is 0.737. The predicted molar refractivity (Wildman–Crippen MR) is 66.1 cm³/mol. The molecule has 82 valence electrons. The highest BCUT2D eigenvalue weighted by molar-refractivity contribution is 9.09. The fraction of sp³-hybridized carbons (Fsp3) is 0.900. The standard InChI is InChI=1S/C10H18BrNOS/c1-12(7-4-6-11)10(13)9-5-2-3-8-14-9/h9H,2-8H2,1H3. The van der Waals surface area contributed by atoms with Crippen LogP contribution >= 0.6 is 27.7 Å². The summed E-state index contributed by atoms with van der Waals surface area (Å²) in [5, 5.41) is 1.21. The van der Waals surface area contributed by atoms with E-state index in [1.54, 1.807) is 0 Å². The molecule has 1 aliphatic heterocycles. The van der Waals surface area contributed by atoms with Crippen molar-refractivity contribution in [3.63, 3.8) is 0 Å². The fourth-order valence-electron chi connectivity index (χ4n) is 1.59. The van der Waals surface area contributed by atoms with Crippen LogP contribution in [0.15, 0.2) is 0 Å². The summed E-state index contributed by atoms with van der Waals surface area (Å²) in [6.07, 6.45) is 4.61. The fourth-order valence-corrected chi connectivity index (χ4v) is 3.15. The minimum Gasteiger partial charge on any atom is -0.345 e. The smallest absolute Gasteiger partial charge is 0.235 e. The van der Waals surface area contributed by atoms with E-state index >= 15 is 0 Å². The summed E-state index contributed by atoms with van der Waals surface area (Å²) in [6.45, 7) is 0.876. The molecule has 0 spiro atoms. The Morgan fingerprint density at radius 3 is 2.93 bits per heavy atom. The van der Waals surface area contributed by atoms with Crippen LogP contribution in [0.25, 0.3) is 0 Å². The van der Waals surface area contributed by atoms with Gasteiger partial charge in [-0.05, 0) is 25.0 Å². The second kappa shape index (κ2) is 6.72. The Kier molecular flexibility index (Phi) is 5.94. The van der Waals surface area contributed by atoms with Crippen LogP contribution in [0.2, 0.25) is 0 Å². The lowest BCUT2D eigenvalue weighted by molar-refractivity contribution is -0.129. The molecule has 1 amide bonds. The van der Waals surface area contributed by atoms with Gasteiger partial charge in [0.2, 0.25) is 5.91 Å². The second-order valence-corrected chi connectivity index (χ2v) is 5.76. The number of hydrogen-bond donors (Lipinski definition) is 0. The van der Waals surface area contributed by atoms with Crippen LogP contribution in [0.5, 0.6) is 0 Å². The summed E-state index contributed by atoms with van der Waals surface area (Å²) in [6, 6.07) is 0. The average molecular weight is 280 g/mol. The lowest BCUT2D eigenvalue weighted by Gasteiger charge is -2.25. The van der Waals surface area contributed by atoms with Crippen LogP contribution in [0.3, 0.4) is 0 Å². The third-order valence-corrected chi connectivity index (χ3v) is 4.38. The minimum atomic E-state index is 0.240. The molecule has 1 unspecified atom stereocenters. The molecule has 2 nitrogen and oxygen atoms in total. The maximum atomic E-state index is 11.9. The van der Waals surface area contributed by atoms with Crippen LogP contribution in [0.4, 0.5) is 0 Å². The van der Waals surface area contributed by atoms with E-state index in [0.29, 0.717) is 5.91 Å². The van der Waals surface area contributed by atoms with Gasteiger partial charge in [-0.25, -0.2) is 0 Å². The van der Waals surface area contributed by atoms with Gasteiger partial charge in [-0.3, -0.25) is 4.79 Å². The van der Waals surface area contributed by atoms with Crippen molar-refractivity contribution in [3.8, 4) is 0 Å². The highest BCUT2D eigenvalue weighted by atomic mass is 79.9. The zero-order chi connectivity index (χ0) is 10.4.